The zero-order valence-corrected chi connectivity index (χ0v) is 17.2. The Morgan fingerprint density at radius 2 is 1.82 bits per heavy atom. The molecule has 6 heteroatoms. The van der Waals surface area contributed by atoms with Crippen molar-refractivity contribution in [3.63, 3.8) is 0 Å². The number of pyridine rings is 1. The summed E-state index contributed by atoms with van der Waals surface area (Å²) in [5.74, 6) is 1.20. The first-order valence-electron chi connectivity index (χ1n) is 10.6. The molecule has 0 atom stereocenters. The highest BCUT2D eigenvalue weighted by Crippen LogP contribution is 2.36. The van der Waals surface area contributed by atoms with Crippen LogP contribution in [0.25, 0.3) is 5.65 Å². The van der Waals surface area contributed by atoms with Crippen molar-refractivity contribution in [2.45, 2.75) is 71.3 Å². The number of piperidine rings is 1. The Morgan fingerprint density at radius 3 is 2.46 bits per heavy atom. The van der Waals surface area contributed by atoms with E-state index in [1.807, 2.05) is 30.1 Å². The summed E-state index contributed by atoms with van der Waals surface area (Å²) in [6, 6.07) is 3.65. The number of nitrogens with zero attached hydrogens (tertiary/aromatic N) is 3. The molecule has 2 fully saturated rings. The number of imidazole rings is 1. The number of rotatable bonds is 3. The first-order chi connectivity index (χ1) is 13.3. The van der Waals surface area contributed by atoms with Gasteiger partial charge in [-0.1, -0.05) is 33.6 Å². The molecule has 1 N–H and O–H groups in total. The van der Waals surface area contributed by atoms with Gasteiger partial charge in [0.2, 0.25) is 5.91 Å². The molecule has 1 saturated heterocycles. The van der Waals surface area contributed by atoms with Crippen LogP contribution in [0, 0.1) is 11.2 Å². The fourth-order valence-corrected chi connectivity index (χ4v) is 4.56. The molecule has 2 aromatic rings. The number of aromatic nitrogens is 2. The second-order valence-corrected chi connectivity index (χ2v) is 9.36. The molecule has 0 aromatic carbocycles. The van der Waals surface area contributed by atoms with Crippen LogP contribution < -0.4 is 5.32 Å². The maximum atomic E-state index is 13.9. The average molecular weight is 387 g/mol. The molecule has 1 saturated carbocycles. The van der Waals surface area contributed by atoms with Crippen molar-refractivity contribution < 1.29 is 9.18 Å². The van der Waals surface area contributed by atoms with E-state index < -0.39 is 0 Å². The van der Waals surface area contributed by atoms with Crippen molar-refractivity contribution >= 4 is 17.4 Å². The molecular formula is C22H31FN4O. The molecule has 1 amide bonds. The lowest BCUT2D eigenvalue weighted by atomic mass is 9.89. The Hall–Kier alpha value is -2.11. The van der Waals surface area contributed by atoms with Gasteiger partial charge in [0.1, 0.15) is 17.3 Å². The maximum absolute atomic E-state index is 13.9. The van der Waals surface area contributed by atoms with Crippen LogP contribution in [0.2, 0.25) is 0 Å². The molecule has 0 radical (unpaired) electrons. The van der Waals surface area contributed by atoms with Crippen molar-refractivity contribution in [2.75, 3.05) is 18.4 Å². The second kappa shape index (κ2) is 7.37. The van der Waals surface area contributed by atoms with E-state index in [9.17, 15) is 9.18 Å². The van der Waals surface area contributed by atoms with Crippen LogP contribution >= 0.6 is 0 Å². The first kappa shape index (κ1) is 19.2. The number of likely N-dealkylation sites (tertiary alicyclic amines) is 1. The molecule has 28 heavy (non-hydrogen) atoms. The van der Waals surface area contributed by atoms with Gasteiger partial charge in [-0.15, -0.1) is 0 Å². The predicted octanol–water partition coefficient (Wildman–Crippen LogP) is 4.58. The van der Waals surface area contributed by atoms with E-state index in [1.54, 1.807) is 6.07 Å². The molecule has 4 rings (SSSR count). The third kappa shape index (κ3) is 3.74. The van der Waals surface area contributed by atoms with Crippen LogP contribution in [-0.4, -0.2) is 39.3 Å². The summed E-state index contributed by atoms with van der Waals surface area (Å²) < 4.78 is 15.8. The first-order valence-corrected chi connectivity index (χ1v) is 10.6. The lowest BCUT2D eigenvalue weighted by molar-refractivity contribution is -0.140. The number of hydrogen-bond donors (Lipinski definition) is 1. The van der Waals surface area contributed by atoms with Gasteiger partial charge in [-0.05, 0) is 37.8 Å². The van der Waals surface area contributed by atoms with Crippen LogP contribution in [0.4, 0.5) is 10.2 Å². The van der Waals surface area contributed by atoms with E-state index in [-0.39, 0.29) is 23.1 Å². The standard InChI is InChI=1S/C22H31FN4O/c1-22(2,3)21(28)26-12-10-15(11-13-26)19-20(24-17-6-4-5-7-17)27-14-16(23)8-9-18(27)25-19/h8-9,14-15,17,24H,4-7,10-13H2,1-3H3. The van der Waals surface area contributed by atoms with Crippen molar-refractivity contribution in [1.29, 1.82) is 0 Å². The van der Waals surface area contributed by atoms with E-state index in [4.69, 9.17) is 4.98 Å². The summed E-state index contributed by atoms with van der Waals surface area (Å²) in [7, 11) is 0. The quantitative estimate of drug-likeness (QED) is 0.840. The molecule has 0 bridgehead atoms. The third-order valence-electron chi connectivity index (χ3n) is 6.12. The molecule has 152 valence electrons. The number of amides is 1. The highest BCUT2D eigenvalue weighted by Gasteiger charge is 2.33. The van der Waals surface area contributed by atoms with Gasteiger partial charge in [0.25, 0.3) is 0 Å². The zero-order chi connectivity index (χ0) is 19.9. The summed E-state index contributed by atoms with van der Waals surface area (Å²) in [5.41, 5.74) is 1.47. The summed E-state index contributed by atoms with van der Waals surface area (Å²) in [5, 5.41) is 3.67. The van der Waals surface area contributed by atoms with Crippen molar-refractivity contribution in [1.82, 2.24) is 14.3 Å². The minimum absolute atomic E-state index is 0.215. The van der Waals surface area contributed by atoms with E-state index in [1.165, 1.54) is 25.1 Å². The zero-order valence-electron chi connectivity index (χ0n) is 17.2. The summed E-state index contributed by atoms with van der Waals surface area (Å²) in [6.07, 6.45) is 8.11. The summed E-state index contributed by atoms with van der Waals surface area (Å²) in [4.78, 5) is 19.4. The van der Waals surface area contributed by atoms with Crippen LogP contribution in [0.15, 0.2) is 18.3 Å². The lowest BCUT2D eigenvalue weighted by Crippen LogP contribution is -2.43. The van der Waals surface area contributed by atoms with Crippen molar-refractivity contribution in [2.24, 2.45) is 5.41 Å². The van der Waals surface area contributed by atoms with Gasteiger partial charge in [0.15, 0.2) is 0 Å². The average Bonchev–Trinajstić information content (AvgIpc) is 3.29. The summed E-state index contributed by atoms with van der Waals surface area (Å²) >= 11 is 0. The highest BCUT2D eigenvalue weighted by atomic mass is 19.1. The highest BCUT2D eigenvalue weighted by molar-refractivity contribution is 5.81. The van der Waals surface area contributed by atoms with Gasteiger partial charge in [-0.25, -0.2) is 9.37 Å². The third-order valence-corrected chi connectivity index (χ3v) is 6.12. The van der Waals surface area contributed by atoms with Gasteiger partial charge < -0.3 is 10.2 Å². The smallest absolute Gasteiger partial charge is 0.227 e. The van der Waals surface area contributed by atoms with E-state index >= 15 is 0 Å². The number of carbonyl (C=O) groups excluding carboxylic acids is 1. The van der Waals surface area contributed by atoms with Crippen LogP contribution in [0.1, 0.15) is 70.9 Å². The minimum atomic E-state index is -0.345. The summed E-state index contributed by atoms with van der Waals surface area (Å²) in [6.45, 7) is 7.43. The predicted molar refractivity (Wildman–Crippen MR) is 109 cm³/mol. The van der Waals surface area contributed by atoms with E-state index in [0.717, 1.165) is 55.9 Å². The Bertz CT molecular complexity index is 855. The van der Waals surface area contributed by atoms with E-state index in [0.29, 0.717) is 6.04 Å². The normalized spacial score (nSPS) is 19.5. The monoisotopic (exact) mass is 386 g/mol. The topological polar surface area (TPSA) is 49.6 Å². The molecule has 2 aromatic heterocycles. The molecule has 3 heterocycles. The molecule has 0 spiro atoms. The maximum Gasteiger partial charge on any atom is 0.227 e. The molecule has 5 nitrogen and oxygen atoms in total. The largest absolute Gasteiger partial charge is 0.367 e. The van der Waals surface area contributed by atoms with Gasteiger partial charge in [-0.3, -0.25) is 9.20 Å². The van der Waals surface area contributed by atoms with Gasteiger partial charge >= 0.3 is 0 Å². The van der Waals surface area contributed by atoms with E-state index in [2.05, 4.69) is 5.32 Å². The van der Waals surface area contributed by atoms with Gasteiger partial charge in [-0.2, -0.15) is 0 Å². The Morgan fingerprint density at radius 1 is 1.14 bits per heavy atom. The number of anilines is 1. The second-order valence-electron chi connectivity index (χ2n) is 9.36. The fraction of sp³-hybridized carbons (Fsp3) is 0.636. The minimum Gasteiger partial charge on any atom is -0.367 e. The number of fused-ring (bicyclic) bond motifs is 1. The number of nitrogens with one attached hydrogen (secondary N) is 1. The Labute approximate surface area is 166 Å². The number of halogens is 1. The Kier molecular flexibility index (Phi) is 5.06. The van der Waals surface area contributed by atoms with Crippen LogP contribution in [0.5, 0.6) is 0 Å². The molecule has 1 aliphatic carbocycles. The van der Waals surface area contributed by atoms with Gasteiger partial charge in [0, 0.05) is 36.7 Å². The molecule has 2 aliphatic rings. The molecule has 1 aliphatic heterocycles. The van der Waals surface area contributed by atoms with Gasteiger partial charge in [0.05, 0.1) is 5.69 Å². The molecular weight excluding hydrogens is 355 g/mol. The lowest BCUT2D eigenvalue weighted by Gasteiger charge is -2.35. The number of hydrogen-bond acceptors (Lipinski definition) is 3. The Balaban J connectivity index is 1.59. The number of carbonyl (C=O) groups is 1. The van der Waals surface area contributed by atoms with Crippen molar-refractivity contribution in [3.8, 4) is 0 Å². The SMILES string of the molecule is CC(C)(C)C(=O)N1CCC(c2nc3ccc(F)cn3c2NC2CCCC2)CC1. The van der Waals surface area contributed by atoms with Crippen LogP contribution in [0.3, 0.4) is 0 Å². The van der Waals surface area contributed by atoms with Crippen molar-refractivity contribution in [3.05, 3.63) is 29.8 Å². The fourth-order valence-electron chi connectivity index (χ4n) is 4.56. The van der Waals surface area contributed by atoms with Crippen LogP contribution in [-0.2, 0) is 4.79 Å². The molecule has 0 unspecified atom stereocenters.